The van der Waals surface area contributed by atoms with Crippen molar-refractivity contribution >= 4 is 17.5 Å². The van der Waals surface area contributed by atoms with Crippen LogP contribution < -0.4 is 0 Å². The number of nitrogens with zero attached hydrogens (tertiary/aromatic N) is 2. The highest BCUT2D eigenvalue weighted by Gasteiger charge is 2.03. The molecule has 5 heteroatoms. The van der Waals surface area contributed by atoms with Crippen molar-refractivity contribution < 1.29 is 13.9 Å². The molecule has 0 saturated heterocycles. The van der Waals surface area contributed by atoms with Gasteiger partial charge in [-0.2, -0.15) is 0 Å². The van der Waals surface area contributed by atoms with Gasteiger partial charge < -0.3 is 4.74 Å². The van der Waals surface area contributed by atoms with Crippen LogP contribution in [0, 0.1) is 19.7 Å². The summed E-state index contributed by atoms with van der Waals surface area (Å²) in [5.41, 5.74) is 2.56. The summed E-state index contributed by atoms with van der Waals surface area (Å²) in [5.74, 6) is -0.300. The minimum Gasteiger partial charge on any atom is -0.468 e. The maximum atomic E-state index is 13.3. The second-order valence-electron chi connectivity index (χ2n) is 3.68. The van der Waals surface area contributed by atoms with Gasteiger partial charge in [-0.3, -0.25) is 9.78 Å². The van der Waals surface area contributed by atoms with Gasteiger partial charge in [0, 0.05) is 6.20 Å². The van der Waals surface area contributed by atoms with Gasteiger partial charge in [0.05, 0.1) is 17.8 Å². The van der Waals surface area contributed by atoms with Crippen LogP contribution >= 0.6 is 0 Å². The van der Waals surface area contributed by atoms with Crippen LogP contribution in [0.4, 0.5) is 4.39 Å². The van der Waals surface area contributed by atoms with Crippen LogP contribution in [0.15, 0.2) is 18.3 Å². The lowest BCUT2D eigenvalue weighted by Crippen LogP contribution is -1.91. The molecule has 0 atom stereocenters. The first kappa shape index (κ1) is 14.0. The Morgan fingerprint density at radius 1 is 1.39 bits per heavy atom. The van der Waals surface area contributed by atoms with Crippen molar-refractivity contribution in [2.24, 2.45) is 0 Å². The molecular weight excluding hydrogens is 235 g/mol. The standard InChI is InChI=1S/C10H9FN2.C3H6O2/c1-6-3-8(11)10-9(4-6)12-5-7(2)13-10;1-2-5-3-4/h3-5H,1-2H3;3H,2H2,1H3. The summed E-state index contributed by atoms with van der Waals surface area (Å²) in [5, 5.41) is 0. The molecule has 0 amide bonds. The molecule has 18 heavy (non-hydrogen) atoms. The molecule has 2 rings (SSSR count). The summed E-state index contributed by atoms with van der Waals surface area (Å²) in [4.78, 5) is 17.4. The number of halogens is 1. The van der Waals surface area contributed by atoms with E-state index in [9.17, 15) is 9.18 Å². The second kappa shape index (κ2) is 6.64. The van der Waals surface area contributed by atoms with E-state index in [-0.39, 0.29) is 5.82 Å². The van der Waals surface area contributed by atoms with E-state index in [1.165, 1.54) is 6.07 Å². The van der Waals surface area contributed by atoms with Crippen molar-refractivity contribution in [1.29, 1.82) is 0 Å². The van der Waals surface area contributed by atoms with Gasteiger partial charge in [0.1, 0.15) is 5.52 Å². The van der Waals surface area contributed by atoms with Gasteiger partial charge in [-0.25, -0.2) is 9.37 Å². The molecule has 0 aliphatic rings. The van der Waals surface area contributed by atoms with Gasteiger partial charge in [0.25, 0.3) is 6.47 Å². The Kier molecular flexibility index (Phi) is 5.17. The van der Waals surface area contributed by atoms with E-state index in [0.717, 1.165) is 11.3 Å². The topological polar surface area (TPSA) is 52.1 Å². The fourth-order valence-corrected chi connectivity index (χ4v) is 1.36. The van der Waals surface area contributed by atoms with Gasteiger partial charge in [-0.15, -0.1) is 0 Å². The minimum absolute atomic E-state index is 0.300. The molecule has 0 bridgehead atoms. The first-order valence-electron chi connectivity index (χ1n) is 5.53. The van der Waals surface area contributed by atoms with Crippen LogP contribution in [0.3, 0.4) is 0 Å². The lowest BCUT2D eigenvalue weighted by atomic mass is 10.2. The SMILES string of the molecule is CCOC=O.Cc1cc(F)c2nc(C)cnc2c1. The zero-order valence-electron chi connectivity index (χ0n) is 10.6. The Morgan fingerprint density at radius 3 is 2.67 bits per heavy atom. The highest BCUT2D eigenvalue weighted by molar-refractivity contribution is 5.75. The third kappa shape index (κ3) is 3.76. The van der Waals surface area contributed by atoms with Crippen molar-refractivity contribution in [1.82, 2.24) is 9.97 Å². The van der Waals surface area contributed by atoms with Crippen LogP contribution in [0.2, 0.25) is 0 Å². The maximum absolute atomic E-state index is 13.3. The molecule has 4 nitrogen and oxygen atoms in total. The van der Waals surface area contributed by atoms with Crippen molar-refractivity contribution in [2.45, 2.75) is 20.8 Å². The van der Waals surface area contributed by atoms with Gasteiger partial charge in [0.2, 0.25) is 0 Å². The van der Waals surface area contributed by atoms with Gasteiger partial charge in [0.15, 0.2) is 5.82 Å². The van der Waals surface area contributed by atoms with Crippen LogP contribution in [0.5, 0.6) is 0 Å². The van der Waals surface area contributed by atoms with E-state index in [0.29, 0.717) is 24.1 Å². The van der Waals surface area contributed by atoms with Gasteiger partial charge in [-0.1, -0.05) is 0 Å². The molecule has 1 heterocycles. The number of rotatable bonds is 2. The molecule has 0 unspecified atom stereocenters. The Morgan fingerprint density at radius 2 is 2.11 bits per heavy atom. The fraction of sp³-hybridized carbons (Fsp3) is 0.308. The normalized spacial score (nSPS) is 9.56. The largest absolute Gasteiger partial charge is 0.468 e. The summed E-state index contributed by atoms with van der Waals surface area (Å²) in [6.45, 7) is 6.30. The second-order valence-corrected chi connectivity index (χ2v) is 3.68. The van der Waals surface area contributed by atoms with E-state index in [2.05, 4.69) is 14.7 Å². The molecule has 0 spiro atoms. The van der Waals surface area contributed by atoms with E-state index < -0.39 is 0 Å². The van der Waals surface area contributed by atoms with Crippen LogP contribution in [0.1, 0.15) is 18.2 Å². The molecule has 0 N–H and O–H groups in total. The number of carbonyl (C=O) groups is 1. The molecule has 0 radical (unpaired) electrons. The summed E-state index contributed by atoms with van der Waals surface area (Å²) < 4.78 is 17.5. The summed E-state index contributed by atoms with van der Waals surface area (Å²) in [6.07, 6.45) is 1.64. The van der Waals surface area contributed by atoms with E-state index in [1.807, 2.05) is 13.0 Å². The lowest BCUT2D eigenvalue weighted by molar-refractivity contribution is -0.128. The molecule has 0 fully saturated rings. The predicted molar refractivity (Wildman–Crippen MR) is 66.7 cm³/mol. The number of aryl methyl sites for hydroxylation is 2. The molecule has 0 saturated carbocycles. The summed E-state index contributed by atoms with van der Waals surface area (Å²) >= 11 is 0. The third-order valence-electron chi connectivity index (χ3n) is 2.10. The van der Waals surface area contributed by atoms with Crippen molar-refractivity contribution in [3.05, 3.63) is 35.4 Å². The van der Waals surface area contributed by atoms with E-state index in [4.69, 9.17) is 0 Å². The molecule has 96 valence electrons. The number of hydrogen-bond acceptors (Lipinski definition) is 4. The van der Waals surface area contributed by atoms with Crippen molar-refractivity contribution in [2.75, 3.05) is 6.61 Å². The molecule has 2 aromatic rings. The zero-order valence-corrected chi connectivity index (χ0v) is 10.6. The van der Waals surface area contributed by atoms with Crippen LogP contribution in [0.25, 0.3) is 11.0 Å². The monoisotopic (exact) mass is 250 g/mol. The minimum atomic E-state index is -0.300. The Labute approximate surface area is 105 Å². The first-order chi connectivity index (χ1) is 8.58. The lowest BCUT2D eigenvalue weighted by Gasteiger charge is -2.00. The quantitative estimate of drug-likeness (QED) is 0.769. The summed E-state index contributed by atoms with van der Waals surface area (Å²) in [6, 6.07) is 3.29. The average Bonchev–Trinajstić information content (AvgIpc) is 2.32. The number of fused-ring (bicyclic) bond motifs is 1. The number of ether oxygens (including phenoxy) is 1. The Hall–Kier alpha value is -2.04. The molecule has 1 aromatic carbocycles. The zero-order chi connectivity index (χ0) is 13.5. The highest BCUT2D eigenvalue weighted by Crippen LogP contribution is 2.15. The Bertz CT molecular complexity index is 544. The Balaban J connectivity index is 0.000000280. The predicted octanol–water partition coefficient (Wildman–Crippen LogP) is 2.57. The first-order valence-corrected chi connectivity index (χ1v) is 5.53. The van der Waals surface area contributed by atoms with Gasteiger partial charge >= 0.3 is 0 Å². The number of benzene rings is 1. The van der Waals surface area contributed by atoms with E-state index in [1.54, 1.807) is 20.0 Å². The highest BCUT2D eigenvalue weighted by atomic mass is 19.1. The van der Waals surface area contributed by atoms with Crippen molar-refractivity contribution in [3.8, 4) is 0 Å². The third-order valence-corrected chi connectivity index (χ3v) is 2.10. The molecule has 1 aromatic heterocycles. The number of aromatic nitrogens is 2. The smallest absolute Gasteiger partial charge is 0.293 e. The molecule has 0 aliphatic heterocycles. The number of carbonyl (C=O) groups excluding carboxylic acids is 1. The maximum Gasteiger partial charge on any atom is 0.293 e. The van der Waals surface area contributed by atoms with Crippen molar-refractivity contribution in [3.63, 3.8) is 0 Å². The average molecular weight is 250 g/mol. The molecule has 0 aliphatic carbocycles. The molecular formula is C13H15FN2O2. The summed E-state index contributed by atoms with van der Waals surface area (Å²) in [7, 11) is 0. The van der Waals surface area contributed by atoms with Gasteiger partial charge in [-0.05, 0) is 38.5 Å². The van der Waals surface area contributed by atoms with E-state index >= 15 is 0 Å². The van der Waals surface area contributed by atoms with Crippen LogP contribution in [-0.4, -0.2) is 23.0 Å². The van der Waals surface area contributed by atoms with Crippen LogP contribution in [-0.2, 0) is 9.53 Å². The number of hydrogen-bond donors (Lipinski definition) is 0. The fourth-order valence-electron chi connectivity index (χ4n) is 1.36.